The van der Waals surface area contributed by atoms with Crippen LogP contribution in [-0.2, 0) is 6.42 Å². The molecule has 0 fully saturated rings. The summed E-state index contributed by atoms with van der Waals surface area (Å²) in [5, 5.41) is 4.61. The minimum absolute atomic E-state index is 0. The van der Waals surface area contributed by atoms with Gasteiger partial charge in [-0.2, -0.15) is 0 Å². The normalized spacial score (nSPS) is 11.9. The summed E-state index contributed by atoms with van der Waals surface area (Å²) in [7, 11) is 3.87. The fraction of sp³-hybridized carbons (Fsp3) is 0.318. The van der Waals surface area contributed by atoms with Crippen molar-refractivity contribution in [3.63, 3.8) is 0 Å². The van der Waals surface area contributed by atoms with Crippen LogP contribution >= 0.6 is 12.4 Å². The molecular weight excluding hydrogens is 358 g/mol. The molecule has 0 saturated heterocycles. The van der Waals surface area contributed by atoms with E-state index in [1.54, 1.807) is 7.11 Å². The number of benzene rings is 2. The lowest BCUT2D eigenvalue weighted by molar-refractivity contribution is 0.266. The second-order valence-corrected chi connectivity index (χ2v) is 6.70. The molecule has 0 amide bonds. The fourth-order valence-corrected chi connectivity index (χ4v) is 3.12. The number of halogens is 1. The Balaban J connectivity index is 0.00000261. The van der Waals surface area contributed by atoms with Crippen LogP contribution in [0.4, 0.5) is 5.69 Å². The van der Waals surface area contributed by atoms with Gasteiger partial charge in [-0.25, -0.2) is 0 Å². The van der Waals surface area contributed by atoms with Gasteiger partial charge >= 0.3 is 0 Å². The molecule has 0 aliphatic carbocycles. The Morgan fingerprint density at radius 3 is 2.63 bits per heavy atom. The van der Waals surface area contributed by atoms with Gasteiger partial charge in [0.2, 0.25) is 0 Å². The van der Waals surface area contributed by atoms with E-state index in [9.17, 15) is 0 Å². The first-order valence-electron chi connectivity index (χ1n) is 9.08. The number of nitrogens with one attached hydrogen (secondary N) is 1. The minimum atomic E-state index is 0. The highest BCUT2D eigenvalue weighted by molar-refractivity contribution is 5.91. The van der Waals surface area contributed by atoms with Crippen LogP contribution in [0, 0.1) is 0 Å². The molecule has 5 heteroatoms. The van der Waals surface area contributed by atoms with Crippen molar-refractivity contribution in [2.75, 3.05) is 32.6 Å². The van der Waals surface area contributed by atoms with Gasteiger partial charge in [0, 0.05) is 36.8 Å². The Hall–Kier alpha value is -2.30. The van der Waals surface area contributed by atoms with Crippen molar-refractivity contribution >= 4 is 29.0 Å². The standard InChI is InChI=1S/C22H27N3O.ClH/c1-17(14-18-8-5-4-6-9-18)25(2)13-12-23-21-16-20(26-3)15-19-10-7-11-24-22(19)21;/h4-11,15-17,23H,12-14H2,1-3H3;1H. The van der Waals surface area contributed by atoms with Crippen LogP contribution in [-0.4, -0.2) is 43.2 Å². The lowest BCUT2D eigenvalue weighted by Gasteiger charge is -2.25. The van der Waals surface area contributed by atoms with Crippen LogP contribution in [0.15, 0.2) is 60.8 Å². The number of nitrogens with zero attached hydrogens (tertiary/aromatic N) is 2. The quantitative estimate of drug-likeness (QED) is 0.613. The Morgan fingerprint density at radius 2 is 1.89 bits per heavy atom. The van der Waals surface area contributed by atoms with Gasteiger partial charge in [-0.1, -0.05) is 36.4 Å². The third-order valence-electron chi connectivity index (χ3n) is 4.82. The van der Waals surface area contributed by atoms with Gasteiger partial charge in [0.25, 0.3) is 0 Å². The van der Waals surface area contributed by atoms with Gasteiger partial charge < -0.3 is 15.0 Å². The third kappa shape index (κ3) is 5.59. The van der Waals surface area contributed by atoms with E-state index in [0.29, 0.717) is 6.04 Å². The molecule has 1 atom stereocenters. The van der Waals surface area contributed by atoms with Crippen molar-refractivity contribution < 1.29 is 4.74 Å². The lowest BCUT2D eigenvalue weighted by Crippen LogP contribution is -2.34. The summed E-state index contributed by atoms with van der Waals surface area (Å²) < 4.78 is 5.42. The Morgan fingerprint density at radius 1 is 1.11 bits per heavy atom. The first kappa shape index (κ1) is 21.0. The number of ether oxygens (including phenoxy) is 1. The summed E-state index contributed by atoms with van der Waals surface area (Å²) in [6.07, 6.45) is 2.88. The largest absolute Gasteiger partial charge is 0.497 e. The number of hydrogen-bond donors (Lipinski definition) is 1. The van der Waals surface area contributed by atoms with E-state index in [2.05, 4.69) is 65.6 Å². The zero-order valence-corrected chi connectivity index (χ0v) is 17.0. The number of pyridine rings is 1. The molecule has 1 heterocycles. The maximum atomic E-state index is 5.42. The molecule has 3 aromatic rings. The van der Waals surface area contributed by atoms with Gasteiger partial charge in [-0.15, -0.1) is 12.4 Å². The highest BCUT2D eigenvalue weighted by Crippen LogP contribution is 2.27. The predicted molar refractivity (Wildman–Crippen MR) is 116 cm³/mol. The molecule has 0 saturated carbocycles. The van der Waals surface area contributed by atoms with E-state index in [0.717, 1.165) is 41.9 Å². The number of aromatic nitrogens is 1. The van der Waals surface area contributed by atoms with Crippen molar-refractivity contribution in [2.24, 2.45) is 0 Å². The third-order valence-corrected chi connectivity index (χ3v) is 4.82. The second-order valence-electron chi connectivity index (χ2n) is 6.70. The first-order chi connectivity index (χ1) is 12.7. The average molecular weight is 386 g/mol. The molecule has 0 aliphatic rings. The monoisotopic (exact) mass is 385 g/mol. The van der Waals surface area contributed by atoms with Gasteiger partial charge in [0.15, 0.2) is 0 Å². The smallest absolute Gasteiger partial charge is 0.121 e. The maximum absolute atomic E-state index is 5.42. The highest BCUT2D eigenvalue weighted by Gasteiger charge is 2.10. The van der Waals surface area contributed by atoms with Gasteiger partial charge in [0.1, 0.15) is 5.75 Å². The van der Waals surface area contributed by atoms with E-state index in [1.165, 1.54) is 5.56 Å². The van der Waals surface area contributed by atoms with Crippen molar-refractivity contribution in [2.45, 2.75) is 19.4 Å². The van der Waals surface area contributed by atoms with Crippen LogP contribution in [0.3, 0.4) is 0 Å². The first-order valence-corrected chi connectivity index (χ1v) is 9.08. The van der Waals surface area contributed by atoms with Crippen molar-refractivity contribution in [3.8, 4) is 5.75 Å². The molecule has 1 aromatic heterocycles. The van der Waals surface area contributed by atoms with E-state index in [-0.39, 0.29) is 12.4 Å². The van der Waals surface area contributed by atoms with Crippen LogP contribution in [0.25, 0.3) is 10.9 Å². The molecule has 2 aromatic carbocycles. The Kier molecular flexibility index (Phi) is 7.89. The predicted octanol–water partition coefficient (Wildman–Crippen LogP) is 4.64. The van der Waals surface area contributed by atoms with Gasteiger partial charge in [0.05, 0.1) is 18.3 Å². The zero-order valence-electron chi connectivity index (χ0n) is 16.2. The number of rotatable bonds is 8. The fourth-order valence-electron chi connectivity index (χ4n) is 3.12. The molecule has 144 valence electrons. The molecule has 27 heavy (non-hydrogen) atoms. The van der Waals surface area contributed by atoms with E-state index < -0.39 is 0 Å². The molecular formula is C22H28ClN3O. The summed E-state index contributed by atoms with van der Waals surface area (Å²) in [5.74, 6) is 0.846. The zero-order chi connectivity index (χ0) is 18.4. The molecule has 0 radical (unpaired) electrons. The van der Waals surface area contributed by atoms with Crippen molar-refractivity contribution in [3.05, 3.63) is 66.4 Å². The number of methoxy groups -OCH3 is 1. The SMILES string of the molecule is COc1cc(NCCN(C)C(C)Cc2ccccc2)c2ncccc2c1.Cl. The summed E-state index contributed by atoms with van der Waals surface area (Å²) in [6, 6.07) is 19.2. The maximum Gasteiger partial charge on any atom is 0.121 e. The van der Waals surface area contributed by atoms with Gasteiger partial charge in [-0.3, -0.25) is 4.98 Å². The summed E-state index contributed by atoms with van der Waals surface area (Å²) in [5.41, 5.74) is 3.38. The minimum Gasteiger partial charge on any atom is -0.497 e. The number of likely N-dealkylation sites (N-methyl/N-ethyl adjacent to an activating group) is 1. The van der Waals surface area contributed by atoms with Crippen LogP contribution in [0.1, 0.15) is 12.5 Å². The highest BCUT2D eigenvalue weighted by atomic mass is 35.5. The van der Waals surface area contributed by atoms with E-state index >= 15 is 0 Å². The molecule has 1 unspecified atom stereocenters. The number of fused-ring (bicyclic) bond motifs is 1. The lowest BCUT2D eigenvalue weighted by atomic mass is 10.1. The van der Waals surface area contributed by atoms with Crippen molar-refractivity contribution in [1.82, 2.24) is 9.88 Å². The topological polar surface area (TPSA) is 37.4 Å². The van der Waals surface area contributed by atoms with Crippen LogP contribution < -0.4 is 10.1 Å². The second kappa shape index (κ2) is 10.1. The van der Waals surface area contributed by atoms with Crippen LogP contribution in [0.2, 0.25) is 0 Å². The van der Waals surface area contributed by atoms with Crippen LogP contribution in [0.5, 0.6) is 5.75 Å². The molecule has 0 aliphatic heterocycles. The molecule has 0 spiro atoms. The Labute approximate surface area is 168 Å². The number of anilines is 1. The van der Waals surface area contributed by atoms with E-state index in [4.69, 9.17) is 4.74 Å². The Bertz CT molecular complexity index is 841. The molecule has 0 bridgehead atoms. The summed E-state index contributed by atoms with van der Waals surface area (Å²) in [6.45, 7) is 4.09. The molecule has 1 N–H and O–H groups in total. The number of hydrogen-bond acceptors (Lipinski definition) is 4. The average Bonchev–Trinajstić information content (AvgIpc) is 2.68. The van der Waals surface area contributed by atoms with E-state index in [1.807, 2.05) is 24.4 Å². The summed E-state index contributed by atoms with van der Waals surface area (Å²) in [4.78, 5) is 6.90. The molecule has 3 rings (SSSR count). The van der Waals surface area contributed by atoms with Crippen molar-refractivity contribution in [1.29, 1.82) is 0 Å². The summed E-state index contributed by atoms with van der Waals surface area (Å²) >= 11 is 0. The molecule has 4 nitrogen and oxygen atoms in total. The van der Waals surface area contributed by atoms with Gasteiger partial charge in [-0.05, 0) is 38.1 Å².